The number of nitrogens with one attached hydrogen (secondary N) is 4. The van der Waals surface area contributed by atoms with Crippen LogP contribution in [0.25, 0.3) is 0 Å². The summed E-state index contributed by atoms with van der Waals surface area (Å²) in [6, 6.07) is 16.6. The fourth-order valence-electron chi connectivity index (χ4n) is 6.17. The molecule has 1 aliphatic rings. The number of nitrogens with two attached hydrogens (primary N) is 1. The summed E-state index contributed by atoms with van der Waals surface area (Å²) in [5, 5.41) is 21.2. The minimum atomic E-state index is -0.954. The molecule has 7 N–H and O–H groups in total. The minimum Gasteiger partial charge on any atom is -0.481 e. The van der Waals surface area contributed by atoms with Crippen molar-refractivity contribution in [2.45, 2.75) is 89.8 Å². The molecule has 3 rings (SSSR count). The Balaban J connectivity index is 1.70. The molecule has 0 bridgehead atoms. The Kier molecular flexibility index (Phi) is 16.9. The van der Waals surface area contributed by atoms with Crippen LogP contribution in [0.4, 0.5) is 0 Å². The van der Waals surface area contributed by atoms with Gasteiger partial charge in [-0.25, -0.2) is 0 Å². The number of carboxylic acid groups (broad SMARTS) is 1. The highest BCUT2D eigenvalue weighted by Crippen LogP contribution is 2.19. The molecule has 0 saturated carbocycles. The molecular weight excluding hydrogens is 636 g/mol. The number of carboxylic acids is 1. The van der Waals surface area contributed by atoms with Gasteiger partial charge < -0.3 is 37.0 Å². The standard InChI is InChI=1S/C38H56N6O6/c1-26(2)22-32(35(46)42-31(16-10-11-19-39)37(48)44-20-17-30(18-21-44)38(49)50)43-36(47)33(23-28-12-6-4-7-13-28)41-34(45)25-40-24-27(3)29-14-8-5-9-15-29/h4-9,12-15,26-27,30-33,40H,10-11,16-25,39H2,1-3H3,(H,41,45)(H,42,46)(H,43,47)(H,49,50)/t27-,31+,32-,33+/m0/s1. The SMILES string of the molecule is CC(C)C[C@H](NC(=O)[C@@H](Cc1ccccc1)NC(=O)CNC[C@H](C)c1ccccc1)C(=O)N[C@H](CCCCN)C(=O)N1CCC(C(=O)O)CC1. The van der Waals surface area contributed by atoms with Crippen molar-refractivity contribution in [1.82, 2.24) is 26.2 Å². The Morgan fingerprint density at radius 3 is 2.02 bits per heavy atom. The van der Waals surface area contributed by atoms with E-state index in [1.165, 1.54) is 0 Å². The monoisotopic (exact) mass is 692 g/mol. The molecule has 0 spiro atoms. The van der Waals surface area contributed by atoms with Gasteiger partial charge in [0.1, 0.15) is 18.1 Å². The van der Waals surface area contributed by atoms with E-state index in [0.29, 0.717) is 64.7 Å². The van der Waals surface area contributed by atoms with Crippen molar-refractivity contribution < 1.29 is 29.1 Å². The number of nitrogens with zero attached hydrogens (tertiary/aromatic N) is 1. The zero-order valence-corrected chi connectivity index (χ0v) is 29.7. The molecule has 1 heterocycles. The maximum atomic E-state index is 13.8. The Morgan fingerprint density at radius 2 is 1.42 bits per heavy atom. The summed E-state index contributed by atoms with van der Waals surface area (Å²) in [5.41, 5.74) is 7.70. The summed E-state index contributed by atoms with van der Waals surface area (Å²) in [6.45, 7) is 7.58. The summed E-state index contributed by atoms with van der Waals surface area (Å²) in [5.74, 6) is -2.74. The number of carbonyl (C=O) groups excluding carboxylic acids is 4. The molecule has 2 aromatic rings. The normalized spacial score (nSPS) is 15.8. The van der Waals surface area contributed by atoms with Crippen molar-refractivity contribution in [2.75, 3.05) is 32.7 Å². The van der Waals surface area contributed by atoms with Gasteiger partial charge in [-0.3, -0.25) is 24.0 Å². The number of aliphatic carboxylic acids is 1. The third-order valence-corrected chi connectivity index (χ3v) is 9.10. The van der Waals surface area contributed by atoms with Crippen LogP contribution >= 0.6 is 0 Å². The first kappa shape index (κ1) is 40.1. The van der Waals surface area contributed by atoms with E-state index in [2.05, 4.69) is 28.2 Å². The summed E-state index contributed by atoms with van der Waals surface area (Å²) in [6.07, 6.45) is 2.90. The number of likely N-dealkylation sites (tertiary alicyclic amines) is 1. The van der Waals surface area contributed by atoms with E-state index < -0.39 is 41.8 Å². The second-order valence-electron chi connectivity index (χ2n) is 13.7. The summed E-state index contributed by atoms with van der Waals surface area (Å²) >= 11 is 0. The minimum absolute atomic E-state index is 0.0158. The van der Waals surface area contributed by atoms with Crippen LogP contribution in [0.15, 0.2) is 60.7 Å². The van der Waals surface area contributed by atoms with Gasteiger partial charge in [0.15, 0.2) is 0 Å². The average molecular weight is 693 g/mol. The third-order valence-electron chi connectivity index (χ3n) is 9.10. The molecule has 0 radical (unpaired) electrons. The molecule has 0 unspecified atom stereocenters. The molecule has 274 valence electrons. The maximum absolute atomic E-state index is 13.8. The molecular formula is C38H56N6O6. The van der Waals surface area contributed by atoms with E-state index in [0.717, 1.165) is 11.1 Å². The maximum Gasteiger partial charge on any atom is 0.306 e. The zero-order chi connectivity index (χ0) is 36.5. The quantitative estimate of drug-likeness (QED) is 0.115. The fraction of sp³-hybridized carbons (Fsp3) is 0.553. The van der Waals surface area contributed by atoms with Gasteiger partial charge >= 0.3 is 5.97 Å². The van der Waals surface area contributed by atoms with Crippen LogP contribution in [0.2, 0.25) is 0 Å². The number of carbonyl (C=O) groups is 5. The van der Waals surface area contributed by atoms with Crippen molar-refractivity contribution in [1.29, 1.82) is 0 Å². The molecule has 0 aliphatic carbocycles. The second kappa shape index (κ2) is 21.0. The Morgan fingerprint density at radius 1 is 0.820 bits per heavy atom. The number of benzene rings is 2. The van der Waals surface area contributed by atoms with Gasteiger partial charge in [0.2, 0.25) is 23.6 Å². The predicted octanol–water partition coefficient (Wildman–Crippen LogP) is 2.58. The number of rotatable bonds is 20. The molecule has 12 heteroatoms. The topological polar surface area (TPSA) is 183 Å². The average Bonchev–Trinajstić information content (AvgIpc) is 3.11. The van der Waals surface area contributed by atoms with Crippen LogP contribution in [0.5, 0.6) is 0 Å². The van der Waals surface area contributed by atoms with Gasteiger partial charge in [0.25, 0.3) is 0 Å². The highest BCUT2D eigenvalue weighted by molar-refractivity contribution is 5.94. The first-order valence-electron chi connectivity index (χ1n) is 17.9. The van der Waals surface area contributed by atoms with Crippen molar-refractivity contribution in [3.05, 3.63) is 71.8 Å². The molecule has 1 saturated heterocycles. The van der Waals surface area contributed by atoms with Gasteiger partial charge in [0, 0.05) is 26.1 Å². The lowest BCUT2D eigenvalue weighted by Gasteiger charge is -2.34. The van der Waals surface area contributed by atoms with E-state index in [4.69, 9.17) is 5.73 Å². The van der Waals surface area contributed by atoms with Crippen molar-refractivity contribution in [2.24, 2.45) is 17.6 Å². The molecule has 1 aliphatic heterocycles. The van der Waals surface area contributed by atoms with Crippen LogP contribution in [0.3, 0.4) is 0 Å². The highest BCUT2D eigenvalue weighted by Gasteiger charge is 2.34. The second-order valence-corrected chi connectivity index (χ2v) is 13.7. The fourth-order valence-corrected chi connectivity index (χ4v) is 6.17. The lowest BCUT2D eigenvalue weighted by molar-refractivity contribution is -0.146. The zero-order valence-electron chi connectivity index (χ0n) is 29.7. The van der Waals surface area contributed by atoms with E-state index in [-0.39, 0.29) is 36.6 Å². The summed E-state index contributed by atoms with van der Waals surface area (Å²) in [4.78, 5) is 67.4. The number of piperidine rings is 1. The molecule has 2 aromatic carbocycles. The first-order valence-corrected chi connectivity index (χ1v) is 17.9. The van der Waals surface area contributed by atoms with E-state index in [9.17, 15) is 29.1 Å². The Bertz CT molecular complexity index is 1370. The Hall–Kier alpha value is -4.29. The highest BCUT2D eigenvalue weighted by atomic mass is 16.4. The van der Waals surface area contributed by atoms with E-state index in [1.807, 2.05) is 74.5 Å². The largest absolute Gasteiger partial charge is 0.481 e. The van der Waals surface area contributed by atoms with Crippen LogP contribution in [0, 0.1) is 11.8 Å². The van der Waals surface area contributed by atoms with Gasteiger partial charge in [-0.05, 0) is 68.0 Å². The Labute approximate surface area is 296 Å². The molecule has 4 amide bonds. The number of amides is 4. The van der Waals surface area contributed by atoms with Crippen LogP contribution < -0.4 is 27.0 Å². The number of unbranched alkanes of at least 4 members (excludes halogenated alkanes) is 1. The van der Waals surface area contributed by atoms with Gasteiger partial charge in [0.05, 0.1) is 12.5 Å². The van der Waals surface area contributed by atoms with E-state index >= 15 is 0 Å². The smallest absolute Gasteiger partial charge is 0.306 e. The van der Waals surface area contributed by atoms with Gasteiger partial charge in [-0.2, -0.15) is 0 Å². The van der Waals surface area contributed by atoms with Crippen molar-refractivity contribution in [3.63, 3.8) is 0 Å². The molecule has 12 nitrogen and oxygen atoms in total. The lowest BCUT2D eigenvalue weighted by Crippen LogP contribution is -2.58. The molecule has 0 aromatic heterocycles. The molecule has 4 atom stereocenters. The summed E-state index contributed by atoms with van der Waals surface area (Å²) in [7, 11) is 0. The number of hydrogen-bond acceptors (Lipinski definition) is 7. The lowest BCUT2D eigenvalue weighted by atomic mass is 9.96. The van der Waals surface area contributed by atoms with Crippen LogP contribution in [-0.4, -0.2) is 90.5 Å². The third kappa shape index (κ3) is 13.5. The first-order chi connectivity index (χ1) is 24.0. The van der Waals surface area contributed by atoms with Crippen LogP contribution in [-0.2, 0) is 30.4 Å². The molecule has 1 fully saturated rings. The van der Waals surface area contributed by atoms with Crippen molar-refractivity contribution in [3.8, 4) is 0 Å². The van der Waals surface area contributed by atoms with E-state index in [1.54, 1.807) is 4.90 Å². The van der Waals surface area contributed by atoms with Crippen molar-refractivity contribution >= 4 is 29.6 Å². The molecule has 50 heavy (non-hydrogen) atoms. The van der Waals surface area contributed by atoms with Crippen LogP contribution in [0.1, 0.15) is 76.3 Å². The van der Waals surface area contributed by atoms with Gasteiger partial charge in [-0.15, -0.1) is 0 Å². The predicted molar refractivity (Wildman–Crippen MR) is 193 cm³/mol. The number of hydrogen-bond donors (Lipinski definition) is 6. The van der Waals surface area contributed by atoms with Gasteiger partial charge in [-0.1, -0.05) is 81.4 Å². The summed E-state index contributed by atoms with van der Waals surface area (Å²) < 4.78 is 0.